The van der Waals surface area contributed by atoms with Gasteiger partial charge in [-0.3, -0.25) is 4.79 Å². The summed E-state index contributed by atoms with van der Waals surface area (Å²) < 4.78 is 16.0. The first-order valence-corrected chi connectivity index (χ1v) is 10.7. The second-order valence-corrected chi connectivity index (χ2v) is 8.69. The fraction of sp³-hybridized carbons (Fsp3) is 0.417. The van der Waals surface area contributed by atoms with E-state index in [0.29, 0.717) is 48.6 Å². The molecule has 0 spiro atoms. The van der Waals surface area contributed by atoms with Crippen molar-refractivity contribution in [2.24, 2.45) is 0 Å². The van der Waals surface area contributed by atoms with Gasteiger partial charge >= 0.3 is 12.1 Å². The van der Waals surface area contributed by atoms with E-state index in [1.165, 1.54) is 13.3 Å². The van der Waals surface area contributed by atoms with E-state index in [1.807, 2.05) is 20.8 Å². The van der Waals surface area contributed by atoms with E-state index in [2.05, 4.69) is 10.3 Å². The van der Waals surface area contributed by atoms with E-state index in [-0.39, 0.29) is 18.1 Å². The molecule has 0 unspecified atom stereocenters. The molecule has 0 radical (unpaired) electrons. The van der Waals surface area contributed by atoms with Crippen molar-refractivity contribution in [3.63, 3.8) is 0 Å². The number of pyridine rings is 1. The van der Waals surface area contributed by atoms with Crippen LogP contribution in [0.15, 0.2) is 42.6 Å². The largest absolute Gasteiger partial charge is 0.481 e. The van der Waals surface area contributed by atoms with Crippen molar-refractivity contribution in [1.82, 2.24) is 9.88 Å². The van der Waals surface area contributed by atoms with Gasteiger partial charge in [-0.2, -0.15) is 0 Å². The van der Waals surface area contributed by atoms with E-state index in [4.69, 9.17) is 14.2 Å². The van der Waals surface area contributed by atoms with Gasteiger partial charge in [-0.1, -0.05) is 0 Å². The van der Waals surface area contributed by atoms with Crippen LogP contribution in [0, 0.1) is 0 Å². The zero-order valence-electron chi connectivity index (χ0n) is 19.3. The van der Waals surface area contributed by atoms with Crippen molar-refractivity contribution in [3.8, 4) is 5.88 Å². The zero-order valence-corrected chi connectivity index (χ0v) is 19.3. The van der Waals surface area contributed by atoms with Crippen molar-refractivity contribution in [2.75, 3.05) is 25.5 Å². The normalized spacial score (nSPS) is 14.4. The first-order valence-electron chi connectivity index (χ1n) is 10.7. The molecule has 33 heavy (non-hydrogen) atoms. The quantitative estimate of drug-likeness (QED) is 0.682. The van der Waals surface area contributed by atoms with Gasteiger partial charge < -0.3 is 24.4 Å². The van der Waals surface area contributed by atoms with E-state index in [1.54, 1.807) is 41.3 Å². The number of aromatic nitrogens is 1. The van der Waals surface area contributed by atoms with Crippen molar-refractivity contribution in [3.05, 3.63) is 53.7 Å². The molecular formula is C24H29N3O6. The average Bonchev–Trinajstić information content (AvgIpc) is 2.79. The summed E-state index contributed by atoms with van der Waals surface area (Å²) >= 11 is 0. The lowest BCUT2D eigenvalue weighted by atomic mass is 10.1. The molecule has 1 fully saturated rings. The van der Waals surface area contributed by atoms with Crippen LogP contribution < -0.4 is 10.1 Å². The number of esters is 1. The predicted molar refractivity (Wildman–Crippen MR) is 121 cm³/mol. The van der Waals surface area contributed by atoms with Crippen molar-refractivity contribution < 1.29 is 28.6 Å². The second kappa shape index (κ2) is 10.3. The van der Waals surface area contributed by atoms with E-state index in [9.17, 15) is 14.4 Å². The number of methoxy groups -OCH3 is 1. The summed E-state index contributed by atoms with van der Waals surface area (Å²) in [5.41, 5.74) is 0.765. The minimum atomic E-state index is -0.544. The zero-order chi connectivity index (χ0) is 24.0. The number of amides is 2. The number of anilines is 1. The number of carbonyl (C=O) groups is 3. The third-order valence-corrected chi connectivity index (χ3v) is 4.95. The Kier molecular flexibility index (Phi) is 7.52. The number of hydrogen-bond donors (Lipinski definition) is 1. The Morgan fingerprint density at radius 3 is 2.18 bits per heavy atom. The summed E-state index contributed by atoms with van der Waals surface area (Å²) in [5.74, 6) is -0.342. The summed E-state index contributed by atoms with van der Waals surface area (Å²) in [5, 5.41) is 2.75. The van der Waals surface area contributed by atoms with Crippen LogP contribution in [0.3, 0.4) is 0 Å². The molecule has 1 aliphatic rings. The fourth-order valence-electron chi connectivity index (χ4n) is 3.23. The molecule has 2 amide bonds. The summed E-state index contributed by atoms with van der Waals surface area (Å²) in [4.78, 5) is 42.6. The molecule has 1 aliphatic heterocycles. The van der Waals surface area contributed by atoms with Crippen LogP contribution >= 0.6 is 0 Å². The Bertz CT molecular complexity index is 975. The SMILES string of the molecule is COc1ccc(C(=O)Nc2ccc(C(=O)OC3CCN(C(=O)OC(C)(C)C)CC3)cc2)cn1. The molecule has 1 N–H and O–H groups in total. The Balaban J connectivity index is 1.48. The lowest BCUT2D eigenvalue weighted by molar-refractivity contribution is -0.00341. The van der Waals surface area contributed by atoms with Crippen LogP contribution in [0.2, 0.25) is 0 Å². The summed E-state index contributed by atoms with van der Waals surface area (Å²) in [7, 11) is 1.50. The standard InChI is InChI=1S/C24H29N3O6/c1-24(2,3)33-23(30)27-13-11-19(12-14-27)32-22(29)16-5-8-18(9-6-16)26-21(28)17-7-10-20(31-4)25-15-17/h5-10,15,19H,11-14H2,1-4H3,(H,26,28). The van der Waals surface area contributed by atoms with Gasteiger partial charge in [0.25, 0.3) is 5.91 Å². The van der Waals surface area contributed by atoms with Crippen LogP contribution in [0.4, 0.5) is 10.5 Å². The molecule has 176 valence electrons. The topological polar surface area (TPSA) is 107 Å². The highest BCUT2D eigenvalue weighted by Crippen LogP contribution is 2.19. The smallest absolute Gasteiger partial charge is 0.410 e. The average molecular weight is 456 g/mol. The van der Waals surface area contributed by atoms with Crippen molar-refractivity contribution in [1.29, 1.82) is 0 Å². The highest BCUT2D eigenvalue weighted by molar-refractivity contribution is 6.04. The Hall–Kier alpha value is -3.62. The summed E-state index contributed by atoms with van der Waals surface area (Å²) in [6.45, 7) is 6.42. The van der Waals surface area contributed by atoms with E-state index in [0.717, 1.165) is 0 Å². The molecule has 1 aromatic carbocycles. The molecule has 9 heteroatoms. The number of piperidine rings is 1. The molecule has 0 saturated carbocycles. The molecule has 9 nitrogen and oxygen atoms in total. The van der Waals surface area contributed by atoms with E-state index >= 15 is 0 Å². The number of likely N-dealkylation sites (tertiary alicyclic amines) is 1. The summed E-state index contributed by atoms with van der Waals surface area (Å²) in [6.07, 6.45) is 1.91. The molecule has 2 aromatic rings. The number of ether oxygens (including phenoxy) is 3. The monoisotopic (exact) mass is 455 g/mol. The number of benzene rings is 1. The minimum absolute atomic E-state index is 0.266. The van der Waals surface area contributed by atoms with Gasteiger partial charge in [-0.25, -0.2) is 14.6 Å². The van der Waals surface area contributed by atoms with Crippen LogP contribution in [-0.2, 0) is 9.47 Å². The van der Waals surface area contributed by atoms with Crippen LogP contribution in [0.25, 0.3) is 0 Å². The highest BCUT2D eigenvalue weighted by Gasteiger charge is 2.28. The van der Waals surface area contributed by atoms with Gasteiger partial charge in [0.15, 0.2) is 0 Å². The van der Waals surface area contributed by atoms with Gasteiger partial charge in [0.1, 0.15) is 11.7 Å². The number of carbonyl (C=O) groups excluding carboxylic acids is 3. The molecule has 0 aliphatic carbocycles. The lowest BCUT2D eigenvalue weighted by Crippen LogP contribution is -2.43. The Labute approximate surface area is 193 Å². The molecule has 1 saturated heterocycles. The van der Waals surface area contributed by atoms with Crippen LogP contribution in [-0.4, -0.2) is 59.8 Å². The third-order valence-electron chi connectivity index (χ3n) is 4.95. The van der Waals surface area contributed by atoms with E-state index < -0.39 is 11.6 Å². The molecule has 1 aromatic heterocycles. The highest BCUT2D eigenvalue weighted by atomic mass is 16.6. The fourth-order valence-corrected chi connectivity index (χ4v) is 3.23. The molecule has 0 bridgehead atoms. The van der Waals surface area contributed by atoms with Gasteiger partial charge in [0, 0.05) is 43.9 Å². The Morgan fingerprint density at radius 1 is 1.00 bits per heavy atom. The van der Waals surface area contributed by atoms with Crippen LogP contribution in [0.1, 0.15) is 54.3 Å². The molecule has 0 atom stereocenters. The molecule has 2 heterocycles. The van der Waals surface area contributed by atoms with Crippen molar-refractivity contribution >= 4 is 23.7 Å². The summed E-state index contributed by atoms with van der Waals surface area (Å²) in [6, 6.07) is 9.68. The van der Waals surface area contributed by atoms with Crippen molar-refractivity contribution in [2.45, 2.75) is 45.3 Å². The van der Waals surface area contributed by atoms with Gasteiger partial charge in [-0.05, 0) is 51.1 Å². The van der Waals surface area contributed by atoms with Gasteiger partial charge in [0.2, 0.25) is 5.88 Å². The maximum Gasteiger partial charge on any atom is 0.410 e. The molecule has 3 rings (SSSR count). The maximum absolute atomic E-state index is 12.5. The maximum atomic E-state index is 12.5. The predicted octanol–water partition coefficient (Wildman–Crippen LogP) is 3.90. The molecular weight excluding hydrogens is 426 g/mol. The first kappa shape index (κ1) is 24.0. The van der Waals surface area contributed by atoms with Gasteiger partial charge in [0.05, 0.1) is 18.2 Å². The lowest BCUT2D eigenvalue weighted by Gasteiger charge is -2.33. The Morgan fingerprint density at radius 2 is 1.64 bits per heavy atom. The number of rotatable bonds is 5. The second-order valence-electron chi connectivity index (χ2n) is 8.69. The first-order chi connectivity index (χ1) is 15.6. The number of nitrogens with one attached hydrogen (secondary N) is 1. The number of nitrogens with zero attached hydrogens (tertiary/aromatic N) is 2. The van der Waals surface area contributed by atoms with Crippen LogP contribution in [0.5, 0.6) is 5.88 Å². The minimum Gasteiger partial charge on any atom is -0.481 e. The number of hydrogen-bond acceptors (Lipinski definition) is 7. The van der Waals surface area contributed by atoms with Gasteiger partial charge in [-0.15, -0.1) is 0 Å². The third kappa shape index (κ3) is 6.93.